The first-order valence-electron chi connectivity index (χ1n) is 10.4. The number of anilines is 1. The molecule has 2 aromatic heterocycles. The highest BCUT2D eigenvalue weighted by Gasteiger charge is 2.14. The van der Waals surface area contributed by atoms with Crippen molar-refractivity contribution in [3.8, 4) is 5.75 Å². The van der Waals surface area contributed by atoms with E-state index in [-0.39, 0.29) is 12.6 Å². The van der Waals surface area contributed by atoms with Gasteiger partial charge in [-0.3, -0.25) is 9.48 Å². The summed E-state index contributed by atoms with van der Waals surface area (Å²) in [5.41, 5.74) is 1.51. The monoisotopic (exact) mass is 457 g/mol. The number of aromatic nitrogens is 4. The van der Waals surface area contributed by atoms with Crippen LogP contribution in [0.5, 0.6) is 5.75 Å². The molecule has 0 bridgehead atoms. The second kappa shape index (κ2) is 9.18. The Kier molecular flexibility index (Phi) is 5.78. The highest BCUT2D eigenvalue weighted by molar-refractivity contribution is 6.32. The van der Waals surface area contributed by atoms with E-state index in [1.54, 1.807) is 35.1 Å². The van der Waals surface area contributed by atoms with Crippen LogP contribution in [0.15, 0.2) is 91.3 Å². The number of para-hydroxylation sites is 1. The van der Waals surface area contributed by atoms with Crippen LogP contribution in [-0.4, -0.2) is 25.5 Å². The Labute approximate surface area is 195 Å². The molecule has 1 amide bonds. The molecule has 8 heteroatoms. The zero-order valence-electron chi connectivity index (χ0n) is 17.6. The topological polar surface area (TPSA) is 74.0 Å². The van der Waals surface area contributed by atoms with Gasteiger partial charge in [0, 0.05) is 18.5 Å². The van der Waals surface area contributed by atoms with Gasteiger partial charge in [0.25, 0.3) is 5.91 Å². The highest BCUT2D eigenvalue weighted by atomic mass is 35.5. The molecule has 3 aromatic carbocycles. The predicted molar refractivity (Wildman–Crippen MR) is 128 cm³/mol. The number of halogens is 1. The molecule has 5 rings (SSSR count). The molecular formula is C25H20ClN5O2. The summed E-state index contributed by atoms with van der Waals surface area (Å²) in [5.74, 6) is 0.652. The van der Waals surface area contributed by atoms with Crippen molar-refractivity contribution in [3.05, 3.63) is 108 Å². The van der Waals surface area contributed by atoms with E-state index in [0.717, 1.165) is 5.56 Å². The summed E-state index contributed by atoms with van der Waals surface area (Å²) in [7, 11) is 0. The minimum Gasteiger partial charge on any atom is -0.470 e. The van der Waals surface area contributed by atoms with E-state index in [2.05, 4.69) is 39.8 Å². The summed E-state index contributed by atoms with van der Waals surface area (Å²) >= 11 is 6.12. The molecule has 164 valence electrons. The number of ether oxygens (including phenoxy) is 1. The lowest BCUT2D eigenvalue weighted by Crippen LogP contribution is -2.20. The number of nitrogens with one attached hydrogen (secondary N) is 1. The van der Waals surface area contributed by atoms with E-state index in [4.69, 9.17) is 16.3 Å². The summed E-state index contributed by atoms with van der Waals surface area (Å²) in [4.78, 5) is 12.8. The number of hydrogen-bond acceptors (Lipinski definition) is 4. The zero-order valence-corrected chi connectivity index (χ0v) is 18.3. The van der Waals surface area contributed by atoms with Crippen LogP contribution in [0.25, 0.3) is 10.8 Å². The van der Waals surface area contributed by atoms with Crippen LogP contribution < -0.4 is 10.1 Å². The normalized spacial score (nSPS) is 10.9. The maximum absolute atomic E-state index is 12.8. The van der Waals surface area contributed by atoms with E-state index >= 15 is 0 Å². The molecule has 0 saturated carbocycles. The van der Waals surface area contributed by atoms with E-state index in [9.17, 15) is 4.79 Å². The van der Waals surface area contributed by atoms with Crippen molar-refractivity contribution in [2.45, 2.75) is 13.3 Å². The molecular weight excluding hydrogens is 438 g/mol. The fourth-order valence-electron chi connectivity index (χ4n) is 3.62. The fraction of sp³-hybridized carbons (Fsp3) is 0.0800. The number of benzene rings is 3. The van der Waals surface area contributed by atoms with Crippen molar-refractivity contribution < 1.29 is 9.53 Å². The molecule has 2 heterocycles. The molecule has 1 N–H and O–H groups in total. The Bertz CT molecular complexity index is 1420. The van der Waals surface area contributed by atoms with E-state index in [1.807, 2.05) is 36.5 Å². The van der Waals surface area contributed by atoms with Gasteiger partial charge in [-0.25, -0.2) is 4.68 Å². The number of hydrogen-bond donors (Lipinski definition) is 1. The van der Waals surface area contributed by atoms with Crippen molar-refractivity contribution in [1.82, 2.24) is 19.6 Å². The van der Waals surface area contributed by atoms with Gasteiger partial charge < -0.3 is 10.1 Å². The highest BCUT2D eigenvalue weighted by Crippen LogP contribution is 2.23. The van der Waals surface area contributed by atoms with Crippen LogP contribution in [0.4, 0.5) is 5.82 Å². The lowest BCUT2D eigenvalue weighted by molar-refractivity contribution is 0.100. The number of nitrogens with zero attached hydrogens (tertiary/aromatic N) is 4. The maximum Gasteiger partial charge on any atom is 0.275 e. The molecule has 0 aliphatic heterocycles. The first kappa shape index (κ1) is 20.8. The van der Waals surface area contributed by atoms with Crippen LogP contribution in [0.3, 0.4) is 0 Å². The summed E-state index contributed by atoms with van der Waals surface area (Å²) in [6.07, 6.45) is 3.39. The summed E-state index contributed by atoms with van der Waals surface area (Å²) < 4.78 is 8.96. The summed E-state index contributed by atoms with van der Waals surface area (Å²) in [6.45, 7) is 0.649. The molecule has 33 heavy (non-hydrogen) atoms. The molecule has 0 atom stereocenters. The van der Waals surface area contributed by atoms with Gasteiger partial charge in [0.1, 0.15) is 11.4 Å². The minimum atomic E-state index is -0.328. The third-order valence-corrected chi connectivity index (χ3v) is 5.53. The molecule has 0 radical (unpaired) electrons. The SMILES string of the molecule is O=C(Nc1ccn(Cc2cccc3ccccc23)n1)c1ccnn1COc1ccccc1Cl. The van der Waals surface area contributed by atoms with E-state index in [1.165, 1.54) is 15.5 Å². The van der Waals surface area contributed by atoms with Crippen molar-refractivity contribution in [1.29, 1.82) is 0 Å². The molecule has 0 aliphatic rings. The number of amides is 1. The number of carbonyl (C=O) groups is 1. The average Bonchev–Trinajstić information content (AvgIpc) is 3.48. The van der Waals surface area contributed by atoms with Crippen LogP contribution in [0, 0.1) is 0 Å². The minimum absolute atomic E-state index is 0.0506. The Morgan fingerprint density at radius 2 is 1.79 bits per heavy atom. The Balaban J connectivity index is 1.26. The third kappa shape index (κ3) is 4.58. The Morgan fingerprint density at radius 3 is 2.70 bits per heavy atom. The van der Waals surface area contributed by atoms with E-state index < -0.39 is 0 Å². The second-order valence-corrected chi connectivity index (χ2v) is 7.82. The van der Waals surface area contributed by atoms with Gasteiger partial charge in [-0.1, -0.05) is 66.2 Å². The second-order valence-electron chi connectivity index (χ2n) is 7.41. The van der Waals surface area contributed by atoms with Gasteiger partial charge in [-0.05, 0) is 34.5 Å². The van der Waals surface area contributed by atoms with Crippen LogP contribution in [0.1, 0.15) is 16.1 Å². The van der Waals surface area contributed by atoms with Gasteiger partial charge in [-0.2, -0.15) is 10.2 Å². The molecule has 0 saturated heterocycles. The van der Waals surface area contributed by atoms with Crippen LogP contribution in [0.2, 0.25) is 5.02 Å². The van der Waals surface area contributed by atoms with Gasteiger partial charge in [-0.15, -0.1) is 0 Å². The lowest BCUT2D eigenvalue weighted by Gasteiger charge is -2.10. The van der Waals surface area contributed by atoms with Crippen molar-refractivity contribution in [2.24, 2.45) is 0 Å². The van der Waals surface area contributed by atoms with Gasteiger partial charge in [0.05, 0.1) is 11.6 Å². The molecule has 0 unspecified atom stereocenters. The smallest absolute Gasteiger partial charge is 0.275 e. The van der Waals surface area contributed by atoms with E-state index in [0.29, 0.717) is 28.8 Å². The first-order chi connectivity index (χ1) is 16.2. The van der Waals surface area contributed by atoms with Gasteiger partial charge in [0.2, 0.25) is 0 Å². The number of carbonyl (C=O) groups excluding carboxylic acids is 1. The lowest BCUT2D eigenvalue weighted by atomic mass is 10.0. The Morgan fingerprint density at radius 1 is 0.970 bits per heavy atom. The Hall–Kier alpha value is -4.10. The predicted octanol–water partition coefficient (Wildman–Crippen LogP) is 5.22. The average molecular weight is 458 g/mol. The fourth-order valence-corrected chi connectivity index (χ4v) is 3.81. The van der Waals surface area contributed by atoms with Crippen molar-refractivity contribution in [3.63, 3.8) is 0 Å². The third-order valence-electron chi connectivity index (χ3n) is 5.22. The number of rotatable bonds is 7. The first-order valence-corrected chi connectivity index (χ1v) is 10.8. The molecule has 5 aromatic rings. The van der Waals surface area contributed by atoms with Crippen molar-refractivity contribution >= 4 is 34.1 Å². The van der Waals surface area contributed by atoms with Gasteiger partial charge in [0.15, 0.2) is 12.5 Å². The van der Waals surface area contributed by atoms with Crippen LogP contribution >= 0.6 is 11.6 Å². The van der Waals surface area contributed by atoms with Crippen LogP contribution in [-0.2, 0) is 13.3 Å². The zero-order chi connectivity index (χ0) is 22.6. The quantitative estimate of drug-likeness (QED) is 0.363. The molecule has 0 fully saturated rings. The molecule has 7 nitrogen and oxygen atoms in total. The largest absolute Gasteiger partial charge is 0.470 e. The standard InChI is InChI=1S/C25H20ClN5O2/c26-21-10-3-4-11-23(21)33-17-31-22(12-14-27-31)25(32)28-24-13-15-30(29-24)16-19-8-5-7-18-6-1-2-9-20(18)19/h1-15H,16-17H2,(H,28,29,32). The van der Waals surface area contributed by atoms with Gasteiger partial charge >= 0.3 is 0 Å². The maximum atomic E-state index is 12.8. The summed E-state index contributed by atoms with van der Waals surface area (Å²) in [5, 5.41) is 14.4. The number of fused-ring (bicyclic) bond motifs is 1. The summed E-state index contributed by atoms with van der Waals surface area (Å²) in [6, 6.07) is 25.0. The molecule has 0 aliphatic carbocycles. The van der Waals surface area contributed by atoms with Crippen molar-refractivity contribution in [2.75, 3.05) is 5.32 Å². The molecule has 0 spiro atoms.